The van der Waals surface area contributed by atoms with E-state index in [0.717, 1.165) is 114 Å². The monoisotopic (exact) mass is 1480 g/mol. The van der Waals surface area contributed by atoms with Crippen LogP contribution in [-0.2, 0) is 65.4 Å². The fourth-order valence-corrected chi connectivity index (χ4v) is 14.2. The second kappa shape index (κ2) is 71.0. The number of aliphatic hydroxyl groups is 1. The summed E-state index contributed by atoms with van der Waals surface area (Å²) >= 11 is 0. The van der Waals surface area contributed by atoms with Gasteiger partial charge in [0.2, 0.25) is 0 Å². The molecular weight excluding hydrogens is 1320 g/mol. The second-order valence-corrected chi connectivity index (χ2v) is 34.1. The van der Waals surface area contributed by atoms with E-state index in [1.54, 1.807) is 0 Å². The van der Waals surface area contributed by atoms with Crippen molar-refractivity contribution in [3.05, 3.63) is 0 Å². The van der Waals surface area contributed by atoms with Crippen LogP contribution in [0.25, 0.3) is 0 Å². The van der Waals surface area contributed by atoms with Crippen molar-refractivity contribution in [2.75, 3.05) is 39.6 Å². The lowest BCUT2D eigenvalue weighted by atomic mass is 9.99. The van der Waals surface area contributed by atoms with Gasteiger partial charge in [-0.05, 0) is 49.4 Å². The minimum Gasteiger partial charge on any atom is -0.462 e. The number of carbonyl (C=O) groups excluding carboxylic acids is 4. The molecule has 0 rings (SSSR count). The summed E-state index contributed by atoms with van der Waals surface area (Å²) in [4.78, 5) is 73.0. The molecule has 19 heteroatoms. The Bertz CT molecular complexity index is 1970. The maximum atomic E-state index is 13.1. The zero-order valence-corrected chi connectivity index (χ0v) is 68.3. The van der Waals surface area contributed by atoms with Gasteiger partial charge < -0.3 is 33.8 Å². The van der Waals surface area contributed by atoms with Crippen molar-refractivity contribution in [1.29, 1.82) is 0 Å². The Balaban J connectivity index is 5.20. The van der Waals surface area contributed by atoms with Gasteiger partial charge in [-0.2, -0.15) is 0 Å². The van der Waals surface area contributed by atoms with E-state index in [-0.39, 0.29) is 25.7 Å². The number of phosphoric ester groups is 2. The van der Waals surface area contributed by atoms with E-state index in [2.05, 4.69) is 55.4 Å². The first-order valence-electron chi connectivity index (χ1n) is 42.2. The summed E-state index contributed by atoms with van der Waals surface area (Å²) in [6.45, 7) is 14.3. The molecule has 0 aliphatic heterocycles. The molecule has 0 aliphatic rings. The molecule has 17 nitrogen and oxygen atoms in total. The molecule has 4 unspecified atom stereocenters. The molecular formula is C82H160O17P2. The number of carbonyl (C=O) groups is 4. The van der Waals surface area contributed by atoms with Crippen LogP contribution in [0, 0.1) is 23.7 Å². The van der Waals surface area contributed by atoms with Gasteiger partial charge in [0.05, 0.1) is 26.4 Å². The van der Waals surface area contributed by atoms with Crippen molar-refractivity contribution in [2.24, 2.45) is 23.7 Å². The SMILES string of the molecule is CCC(C)CCCCCCCCCCCCCCCCCCCCC(=O)OC[C@H](COP(=O)(O)OCC(O)COP(=O)(O)OC[C@@H](COC(=O)CCCCCCCCCCC(C)C)OC(=O)CCCCCCCCCCC(C)C)OC(=O)CCCCCCCCCCCCCCCCC(C)C. The highest BCUT2D eigenvalue weighted by Gasteiger charge is 2.30. The first-order chi connectivity index (χ1) is 48.6. The number of rotatable bonds is 79. The third-order valence-electron chi connectivity index (χ3n) is 19.4. The van der Waals surface area contributed by atoms with Crippen LogP contribution >= 0.6 is 15.6 Å². The Morgan fingerprint density at radius 1 is 0.277 bits per heavy atom. The molecule has 0 heterocycles. The number of hydrogen-bond acceptors (Lipinski definition) is 15. The van der Waals surface area contributed by atoms with Gasteiger partial charge in [-0.1, -0.05) is 370 Å². The predicted octanol–water partition coefficient (Wildman–Crippen LogP) is 24.4. The predicted molar refractivity (Wildman–Crippen MR) is 414 cm³/mol. The molecule has 0 saturated heterocycles. The lowest BCUT2D eigenvalue weighted by Gasteiger charge is -2.21. The number of hydrogen-bond donors (Lipinski definition) is 3. The third-order valence-corrected chi connectivity index (χ3v) is 21.3. The van der Waals surface area contributed by atoms with E-state index in [1.165, 1.54) is 225 Å². The summed E-state index contributed by atoms with van der Waals surface area (Å²) in [7, 11) is -9.92. The molecule has 101 heavy (non-hydrogen) atoms. The Morgan fingerprint density at radius 2 is 0.475 bits per heavy atom. The number of unbranched alkanes of at least 4 members (excludes halogenated alkanes) is 44. The van der Waals surface area contributed by atoms with Gasteiger partial charge in [0, 0.05) is 25.7 Å². The lowest BCUT2D eigenvalue weighted by molar-refractivity contribution is -0.161. The summed E-state index contributed by atoms with van der Waals surface area (Å²) in [5.41, 5.74) is 0. The molecule has 0 amide bonds. The van der Waals surface area contributed by atoms with Crippen LogP contribution in [0.2, 0.25) is 0 Å². The zero-order valence-electron chi connectivity index (χ0n) is 66.5. The van der Waals surface area contributed by atoms with E-state index in [9.17, 15) is 43.2 Å². The summed E-state index contributed by atoms with van der Waals surface area (Å²) in [6, 6.07) is 0. The Hall–Kier alpha value is -1.94. The average molecular weight is 1480 g/mol. The summed E-state index contributed by atoms with van der Waals surface area (Å²) in [5.74, 6) is 0.998. The van der Waals surface area contributed by atoms with E-state index in [1.807, 2.05) is 0 Å². The van der Waals surface area contributed by atoms with Gasteiger partial charge in [0.25, 0.3) is 0 Å². The fraction of sp³-hybridized carbons (Fsp3) is 0.951. The highest BCUT2D eigenvalue weighted by Crippen LogP contribution is 2.45. The van der Waals surface area contributed by atoms with Gasteiger partial charge in [-0.25, -0.2) is 9.13 Å². The van der Waals surface area contributed by atoms with Crippen molar-refractivity contribution in [2.45, 2.75) is 440 Å². The molecule has 0 aromatic rings. The topological polar surface area (TPSA) is 237 Å². The Labute approximate surface area is 619 Å². The summed E-state index contributed by atoms with van der Waals surface area (Å²) < 4.78 is 68.7. The fourth-order valence-electron chi connectivity index (χ4n) is 12.6. The van der Waals surface area contributed by atoms with Crippen molar-refractivity contribution >= 4 is 39.5 Å². The van der Waals surface area contributed by atoms with Crippen LogP contribution < -0.4 is 0 Å². The molecule has 6 atom stereocenters. The third kappa shape index (κ3) is 74.7. The van der Waals surface area contributed by atoms with Crippen LogP contribution in [-0.4, -0.2) is 96.7 Å². The van der Waals surface area contributed by atoms with Crippen LogP contribution in [0.4, 0.5) is 0 Å². The summed E-state index contributed by atoms with van der Waals surface area (Å²) in [6.07, 6.45) is 58.5. The summed E-state index contributed by atoms with van der Waals surface area (Å²) in [5, 5.41) is 10.6. The van der Waals surface area contributed by atoms with Gasteiger partial charge in [-0.3, -0.25) is 37.3 Å². The molecule has 3 N–H and O–H groups in total. The second-order valence-electron chi connectivity index (χ2n) is 31.2. The van der Waals surface area contributed by atoms with E-state index in [0.29, 0.717) is 25.7 Å². The molecule has 0 spiro atoms. The van der Waals surface area contributed by atoms with E-state index in [4.69, 9.17) is 37.0 Å². The quantitative estimate of drug-likeness (QED) is 0.0222. The van der Waals surface area contributed by atoms with Crippen molar-refractivity contribution in [3.8, 4) is 0 Å². The smallest absolute Gasteiger partial charge is 0.462 e. The first kappa shape index (κ1) is 99.1. The van der Waals surface area contributed by atoms with E-state index < -0.39 is 97.5 Å². The van der Waals surface area contributed by atoms with Gasteiger partial charge >= 0.3 is 39.5 Å². The van der Waals surface area contributed by atoms with Gasteiger partial charge in [0.1, 0.15) is 19.3 Å². The highest BCUT2D eigenvalue weighted by atomic mass is 31.2. The number of phosphoric acid groups is 2. The van der Waals surface area contributed by atoms with E-state index >= 15 is 0 Å². The Kier molecular flexibility index (Phi) is 69.6. The van der Waals surface area contributed by atoms with Crippen LogP contribution in [0.1, 0.15) is 421 Å². The van der Waals surface area contributed by atoms with Crippen molar-refractivity contribution in [1.82, 2.24) is 0 Å². The minimum atomic E-state index is -4.96. The van der Waals surface area contributed by atoms with Gasteiger partial charge in [-0.15, -0.1) is 0 Å². The number of ether oxygens (including phenoxy) is 4. The normalized spacial score (nSPS) is 14.3. The van der Waals surface area contributed by atoms with Gasteiger partial charge in [0.15, 0.2) is 12.2 Å². The maximum Gasteiger partial charge on any atom is 0.472 e. The van der Waals surface area contributed by atoms with Crippen molar-refractivity contribution in [3.63, 3.8) is 0 Å². The molecule has 0 aromatic heterocycles. The molecule has 0 radical (unpaired) electrons. The average Bonchev–Trinajstić information content (AvgIpc) is 0.965. The standard InChI is InChI=1S/C82H160O17P2/c1-9-75(8)61-53-45-37-27-23-19-14-12-10-11-13-15-20-24-28-38-46-54-62-79(84)92-68-77(98-81(86)64-56-48-40-29-25-21-17-16-18-22-26-34-42-50-58-72(2)3)70-96-100(88,89)94-66-76(83)67-95-101(90,91)97-71-78(99-82(87)65-57-49-41-33-31-36-44-52-60-74(6)7)69-93-80(85)63-55-47-39-32-30-35-43-51-59-73(4)5/h72-78,83H,9-71H2,1-8H3,(H,88,89)(H,90,91)/t75?,76?,77-,78-/m1/s1. The molecule has 600 valence electrons. The van der Waals surface area contributed by atoms with Crippen LogP contribution in [0.3, 0.4) is 0 Å². The minimum absolute atomic E-state index is 0.104. The first-order valence-corrected chi connectivity index (χ1v) is 45.2. The maximum absolute atomic E-state index is 13.1. The molecule has 0 saturated carbocycles. The van der Waals surface area contributed by atoms with Crippen LogP contribution in [0.5, 0.6) is 0 Å². The molecule has 0 fully saturated rings. The number of aliphatic hydroxyl groups excluding tert-OH is 1. The lowest BCUT2D eigenvalue weighted by Crippen LogP contribution is -2.30. The largest absolute Gasteiger partial charge is 0.472 e. The van der Waals surface area contributed by atoms with Crippen molar-refractivity contribution < 1.29 is 80.2 Å². The highest BCUT2D eigenvalue weighted by molar-refractivity contribution is 7.47. The Morgan fingerprint density at radius 3 is 0.703 bits per heavy atom. The number of esters is 4. The van der Waals surface area contributed by atoms with Crippen LogP contribution in [0.15, 0.2) is 0 Å². The molecule has 0 aromatic carbocycles. The zero-order chi connectivity index (χ0) is 74.6. The molecule has 0 bridgehead atoms. The molecule has 0 aliphatic carbocycles.